The highest BCUT2D eigenvalue weighted by Gasteiger charge is 2.29. The fourth-order valence-corrected chi connectivity index (χ4v) is 3.58. The third kappa shape index (κ3) is 4.05. The van der Waals surface area contributed by atoms with Crippen LogP contribution in [0.4, 0.5) is 0 Å². The minimum absolute atomic E-state index is 0.204. The average Bonchev–Trinajstić information content (AvgIpc) is 2.53. The third-order valence-corrected chi connectivity index (χ3v) is 5.08. The number of unbranched alkanes of at least 4 members (excludes halogenated alkanes) is 1. The first-order valence-corrected chi connectivity index (χ1v) is 8.30. The molecule has 2 heteroatoms. The van der Waals surface area contributed by atoms with Crippen LogP contribution >= 0.6 is 0 Å². The molecule has 2 rings (SSSR count). The second-order valence-electron chi connectivity index (χ2n) is 6.48. The summed E-state index contributed by atoms with van der Waals surface area (Å²) < 4.78 is 0. The molecule has 2 atom stereocenters. The Bertz CT molecular complexity index is 370. The summed E-state index contributed by atoms with van der Waals surface area (Å²) in [5.74, 6) is 1.61. The van der Waals surface area contributed by atoms with Gasteiger partial charge in [-0.3, -0.25) is 4.98 Å². The Morgan fingerprint density at radius 2 is 1.85 bits per heavy atom. The van der Waals surface area contributed by atoms with E-state index in [0.717, 1.165) is 5.92 Å². The molecule has 1 aromatic rings. The lowest BCUT2D eigenvalue weighted by Gasteiger charge is -2.34. The molecule has 20 heavy (non-hydrogen) atoms. The van der Waals surface area contributed by atoms with E-state index in [0.29, 0.717) is 5.92 Å². The van der Waals surface area contributed by atoms with Gasteiger partial charge in [0.25, 0.3) is 0 Å². The molecule has 1 aromatic heterocycles. The molecule has 2 nitrogen and oxygen atoms in total. The lowest BCUT2D eigenvalue weighted by molar-refractivity contribution is 0.0545. The van der Waals surface area contributed by atoms with Gasteiger partial charge >= 0.3 is 0 Å². The van der Waals surface area contributed by atoms with Crippen molar-refractivity contribution >= 4 is 0 Å². The lowest BCUT2D eigenvalue weighted by atomic mass is 9.74. The summed E-state index contributed by atoms with van der Waals surface area (Å²) in [4.78, 5) is 4.06. The number of hydrogen-bond acceptors (Lipinski definition) is 2. The van der Waals surface area contributed by atoms with Gasteiger partial charge in [-0.1, -0.05) is 46.0 Å². The molecule has 0 aliphatic heterocycles. The van der Waals surface area contributed by atoms with Crippen LogP contribution in [0.15, 0.2) is 24.5 Å². The van der Waals surface area contributed by atoms with E-state index in [1.54, 1.807) is 0 Å². The summed E-state index contributed by atoms with van der Waals surface area (Å²) >= 11 is 0. The van der Waals surface area contributed by atoms with Gasteiger partial charge in [0.05, 0.1) is 6.10 Å². The van der Waals surface area contributed by atoms with E-state index in [1.807, 2.05) is 24.5 Å². The predicted octanol–water partition coefficient (Wildman–Crippen LogP) is 4.54. The maximum Gasteiger partial charge on any atom is 0.0634 e. The third-order valence-electron chi connectivity index (χ3n) is 5.08. The van der Waals surface area contributed by atoms with Gasteiger partial charge in [-0.25, -0.2) is 0 Å². The van der Waals surface area contributed by atoms with E-state index < -0.39 is 0 Å². The monoisotopic (exact) mass is 275 g/mol. The fraction of sp³-hybridized carbons (Fsp3) is 0.722. The van der Waals surface area contributed by atoms with Crippen molar-refractivity contribution in [2.45, 2.75) is 70.8 Å². The van der Waals surface area contributed by atoms with Gasteiger partial charge in [0, 0.05) is 18.3 Å². The van der Waals surface area contributed by atoms with Crippen LogP contribution in [0, 0.1) is 11.8 Å². The largest absolute Gasteiger partial charge is 0.392 e. The van der Waals surface area contributed by atoms with E-state index in [-0.39, 0.29) is 12.0 Å². The Balaban J connectivity index is 1.84. The van der Waals surface area contributed by atoms with Crippen LogP contribution in [0.3, 0.4) is 0 Å². The molecule has 1 aliphatic carbocycles. The zero-order chi connectivity index (χ0) is 14.4. The highest BCUT2D eigenvalue weighted by atomic mass is 16.3. The SMILES string of the molecule is CCCCC1CCC(C(O)C(C)c2ccncc2)CC1. The molecule has 0 saturated heterocycles. The normalized spacial score (nSPS) is 26.1. The summed E-state index contributed by atoms with van der Waals surface area (Å²) in [5, 5.41) is 10.6. The number of aliphatic hydroxyl groups excluding tert-OH is 1. The van der Waals surface area contributed by atoms with Crippen molar-refractivity contribution in [1.29, 1.82) is 0 Å². The Kier molecular flexibility index (Phi) is 6.03. The van der Waals surface area contributed by atoms with Gasteiger partial charge in [-0.2, -0.15) is 0 Å². The highest BCUT2D eigenvalue weighted by Crippen LogP contribution is 2.37. The Morgan fingerprint density at radius 3 is 2.45 bits per heavy atom. The molecule has 1 saturated carbocycles. The standard InChI is InChI=1S/C18H29NO/c1-3-4-5-15-6-8-17(9-7-15)18(20)14(2)16-10-12-19-13-11-16/h10-15,17-18,20H,3-9H2,1-2H3. The first-order chi connectivity index (χ1) is 9.72. The zero-order valence-electron chi connectivity index (χ0n) is 13.0. The van der Waals surface area contributed by atoms with Gasteiger partial charge in [0.2, 0.25) is 0 Å². The highest BCUT2D eigenvalue weighted by molar-refractivity contribution is 5.16. The van der Waals surface area contributed by atoms with Crippen molar-refractivity contribution in [3.05, 3.63) is 30.1 Å². The number of aromatic nitrogens is 1. The maximum atomic E-state index is 10.6. The second kappa shape index (κ2) is 7.78. The molecule has 0 bridgehead atoms. The van der Waals surface area contributed by atoms with Crippen LogP contribution in [0.1, 0.15) is 70.3 Å². The van der Waals surface area contributed by atoms with Crippen molar-refractivity contribution < 1.29 is 5.11 Å². The van der Waals surface area contributed by atoms with Gasteiger partial charge in [-0.05, 0) is 42.4 Å². The predicted molar refractivity (Wildman–Crippen MR) is 83.6 cm³/mol. The van der Waals surface area contributed by atoms with E-state index in [9.17, 15) is 5.11 Å². The maximum absolute atomic E-state index is 10.6. The number of nitrogens with zero attached hydrogens (tertiary/aromatic N) is 1. The molecule has 2 unspecified atom stereocenters. The molecule has 0 amide bonds. The van der Waals surface area contributed by atoms with E-state index >= 15 is 0 Å². The van der Waals surface area contributed by atoms with E-state index in [4.69, 9.17) is 0 Å². The van der Waals surface area contributed by atoms with Crippen molar-refractivity contribution in [2.24, 2.45) is 11.8 Å². The Labute approximate surface area is 123 Å². The average molecular weight is 275 g/mol. The number of rotatable bonds is 6. The summed E-state index contributed by atoms with van der Waals surface area (Å²) in [6.07, 6.45) is 12.5. The smallest absolute Gasteiger partial charge is 0.0634 e. The molecule has 1 fully saturated rings. The van der Waals surface area contributed by atoms with E-state index in [2.05, 4.69) is 18.8 Å². The molecule has 112 valence electrons. The first-order valence-electron chi connectivity index (χ1n) is 8.30. The van der Waals surface area contributed by atoms with Crippen molar-refractivity contribution in [3.8, 4) is 0 Å². The van der Waals surface area contributed by atoms with Crippen LogP contribution < -0.4 is 0 Å². The van der Waals surface area contributed by atoms with Crippen molar-refractivity contribution in [3.63, 3.8) is 0 Å². The first kappa shape index (κ1) is 15.5. The summed E-state index contributed by atoms with van der Waals surface area (Å²) in [6.45, 7) is 4.41. The number of aliphatic hydroxyl groups is 1. The summed E-state index contributed by atoms with van der Waals surface area (Å²) in [5.41, 5.74) is 1.21. The number of hydrogen-bond donors (Lipinski definition) is 1. The molecular weight excluding hydrogens is 246 g/mol. The lowest BCUT2D eigenvalue weighted by Crippen LogP contribution is -2.30. The van der Waals surface area contributed by atoms with Crippen LogP contribution in [0.25, 0.3) is 0 Å². The van der Waals surface area contributed by atoms with Crippen LogP contribution in [-0.2, 0) is 0 Å². The topological polar surface area (TPSA) is 33.1 Å². The molecule has 1 aliphatic rings. The minimum Gasteiger partial charge on any atom is -0.392 e. The Morgan fingerprint density at radius 1 is 1.20 bits per heavy atom. The van der Waals surface area contributed by atoms with Crippen molar-refractivity contribution in [2.75, 3.05) is 0 Å². The van der Waals surface area contributed by atoms with E-state index in [1.165, 1.54) is 50.5 Å². The van der Waals surface area contributed by atoms with Gasteiger partial charge in [-0.15, -0.1) is 0 Å². The molecule has 1 heterocycles. The van der Waals surface area contributed by atoms with Crippen LogP contribution in [0.5, 0.6) is 0 Å². The summed E-state index contributed by atoms with van der Waals surface area (Å²) in [6, 6.07) is 4.06. The van der Waals surface area contributed by atoms with Gasteiger partial charge < -0.3 is 5.11 Å². The molecule has 0 radical (unpaired) electrons. The minimum atomic E-state index is -0.204. The molecular formula is C18H29NO. The van der Waals surface area contributed by atoms with Gasteiger partial charge in [0.15, 0.2) is 0 Å². The molecule has 1 N–H and O–H groups in total. The Hall–Kier alpha value is -0.890. The van der Waals surface area contributed by atoms with Gasteiger partial charge in [0.1, 0.15) is 0 Å². The van der Waals surface area contributed by atoms with Crippen molar-refractivity contribution in [1.82, 2.24) is 4.98 Å². The second-order valence-corrected chi connectivity index (χ2v) is 6.48. The number of pyridine rings is 1. The van der Waals surface area contributed by atoms with Crippen LogP contribution in [-0.4, -0.2) is 16.2 Å². The zero-order valence-corrected chi connectivity index (χ0v) is 13.0. The molecule has 0 aromatic carbocycles. The van der Waals surface area contributed by atoms with Crippen LogP contribution in [0.2, 0.25) is 0 Å². The summed E-state index contributed by atoms with van der Waals surface area (Å²) in [7, 11) is 0. The molecule has 0 spiro atoms. The fourth-order valence-electron chi connectivity index (χ4n) is 3.58. The quantitative estimate of drug-likeness (QED) is 0.826.